The third-order valence-electron chi connectivity index (χ3n) is 5.99. The van der Waals surface area contributed by atoms with Crippen LogP contribution in [0, 0.1) is 17.1 Å². The average Bonchev–Trinajstić information content (AvgIpc) is 3.33. The third kappa shape index (κ3) is 7.99. The van der Waals surface area contributed by atoms with Crippen LogP contribution < -0.4 is 21.7 Å². The number of carbonyl (C=O) groups excluding carboxylic acids is 4. The number of hydrogen-bond acceptors (Lipinski definition) is 5. The summed E-state index contributed by atoms with van der Waals surface area (Å²) in [6.07, 6.45) is 1.40. The van der Waals surface area contributed by atoms with Gasteiger partial charge in [0, 0.05) is 18.7 Å². The number of guanidine groups is 1. The molecule has 1 saturated heterocycles. The van der Waals surface area contributed by atoms with Crippen molar-refractivity contribution in [2.45, 2.75) is 57.7 Å². The molecule has 3 atom stereocenters. The van der Waals surface area contributed by atoms with E-state index in [1.807, 2.05) is 0 Å². The highest BCUT2D eigenvalue weighted by atomic mass is 19.1. The van der Waals surface area contributed by atoms with Crippen LogP contribution in [0.5, 0.6) is 0 Å². The largest absolute Gasteiger partial charge is 0.370 e. The molecule has 1 unspecified atom stereocenters. The second-order valence-corrected chi connectivity index (χ2v) is 9.04. The highest BCUT2D eigenvalue weighted by Crippen LogP contribution is 2.21. The molecule has 0 aromatic heterocycles. The quantitative estimate of drug-likeness (QED) is 0.160. The summed E-state index contributed by atoms with van der Waals surface area (Å²) >= 11 is 0. The number of nitrogens with one attached hydrogen (secondary N) is 4. The molecule has 1 fully saturated rings. The van der Waals surface area contributed by atoms with Gasteiger partial charge in [0.2, 0.25) is 11.8 Å². The number of benzene rings is 1. The van der Waals surface area contributed by atoms with Crippen LogP contribution in [0.25, 0.3) is 0 Å². The molecular weight excluding hydrogens is 474 g/mol. The summed E-state index contributed by atoms with van der Waals surface area (Å²) in [7, 11) is 0. The minimum Gasteiger partial charge on any atom is -0.370 e. The topological polar surface area (TPSA) is 157 Å². The van der Waals surface area contributed by atoms with E-state index in [1.54, 1.807) is 13.8 Å². The number of rotatable bonds is 12. The first-order chi connectivity index (χ1) is 17.0. The van der Waals surface area contributed by atoms with Crippen molar-refractivity contribution in [2.75, 3.05) is 19.8 Å². The number of carbonyl (C=O) groups is 4. The maximum atomic E-state index is 13.4. The number of ketones is 1. The molecule has 1 aliphatic heterocycles. The predicted molar refractivity (Wildman–Crippen MR) is 129 cm³/mol. The lowest BCUT2D eigenvalue weighted by Gasteiger charge is -2.31. The third-order valence-corrected chi connectivity index (χ3v) is 5.99. The number of Topliss-reactive ketones (excluding diaryl/α,β-unsaturated/α-hetero) is 1. The van der Waals surface area contributed by atoms with Gasteiger partial charge in [0.1, 0.15) is 24.6 Å². The smallest absolute Gasteiger partial charge is 0.251 e. The van der Waals surface area contributed by atoms with Crippen LogP contribution >= 0.6 is 0 Å². The molecule has 198 valence electrons. The Hall–Kier alpha value is -3.57. The van der Waals surface area contributed by atoms with E-state index >= 15 is 0 Å². The monoisotopic (exact) mass is 508 g/mol. The molecule has 0 aliphatic carbocycles. The first-order valence-corrected chi connectivity index (χ1v) is 11.9. The highest BCUT2D eigenvalue weighted by Gasteiger charge is 2.39. The summed E-state index contributed by atoms with van der Waals surface area (Å²) in [5.74, 6) is -3.38. The van der Waals surface area contributed by atoms with Crippen molar-refractivity contribution in [3.63, 3.8) is 0 Å². The molecule has 0 radical (unpaired) electrons. The number of likely N-dealkylation sites (tertiary alicyclic amines) is 1. The molecule has 1 aromatic carbocycles. The van der Waals surface area contributed by atoms with Gasteiger partial charge in [-0.25, -0.2) is 8.78 Å². The van der Waals surface area contributed by atoms with Crippen molar-refractivity contribution in [3.8, 4) is 0 Å². The molecule has 0 spiro atoms. The minimum absolute atomic E-state index is 0.137. The van der Waals surface area contributed by atoms with E-state index in [0.29, 0.717) is 19.3 Å². The van der Waals surface area contributed by atoms with Gasteiger partial charge in [-0.2, -0.15) is 0 Å². The second-order valence-electron chi connectivity index (χ2n) is 9.04. The Morgan fingerprint density at radius 3 is 2.42 bits per heavy atom. The fourth-order valence-corrected chi connectivity index (χ4v) is 4.03. The molecule has 1 aliphatic rings. The summed E-state index contributed by atoms with van der Waals surface area (Å²) in [6, 6.07) is 2.04. The summed E-state index contributed by atoms with van der Waals surface area (Å²) in [5.41, 5.74) is 5.41. The van der Waals surface area contributed by atoms with Gasteiger partial charge in [-0.1, -0.05) is 13.8 Å². The van der Waals surface area contributed by atoms with Gasteiger partial charge in [0.15, 0.2) is 11.7 Å². The first-order valence-electron chi connectivity index (χ1n) is 11.9. The zero-order valence-corrected chi connectivity index (χ0v) is 20.5. The van der Waals surface area contributed by atoms with Gasteiger partial charge in [-0.3, -0.25) is 24.6 Å². The van der Waals surface area contributed by atoms with Crippen LogP contribution in [-0.4, -0.2) is 72.3 Å². The zero-order valence-electron chi connectivity index (χ0n) is 20.5. The highest BCUT2D eigenvalue weighted by molar-refractivity contribution is 5.99. The van der Waals surface area contributed by atoms with E-state index in [0.717, 1.165) is 12.1 Å². The average molecular weight is 509 g/mol. The molecule has 3 amide bonds. The molecule has 12 heteroatoms. The van der Waals surface area contributed by atoms with E-state index < -0.39 is 54.1 Å². The van der Waals surface area contributed by atoms with Gasteiger partial charge in [-0.05, 0) is 55.9 Å². The maximum absolute atomic E-state index is 13.4. The molecule has 0 saturated carbocycles. The van der Waals surface area contributed by atoms with Crippen molar-refractivity contribution in [2.24, 2.45) is 11.7 Å². The molecular formula is C24H34F2N6O4. The summed E-state index contributed by atoms with van der Waals surface area (Å²) in [4.78, 5) is 52.5. The minimum atomic E-state index is -1.25. The van der Waals surface area contributed by atoms with Crippen LogP contribution in [-0.2, 0) is 14.4 Å². The Bertz CT molecular complexity index is 956. The lowest BCUT2D eigenvalue weighted by atomic mass is 10.0. The number of hydrogen-bond donors (Lipinski definition) is 5. The van der Waals surface area contributed by atoms with Crippen molar-refractivity contribution in [1.29, 1.82) is 5.41 Å². The SMILES string of the molecule is CC(C)C(NC(=O)c1ccc(F)cc1)C(=O)N1CCC[C@H]1C(=O)N[C@@H](CCCNC(=N)N)C(=O)CF. The lowest BCUT2D eigenvalue weighted by molar-refractivity contribution is -0.141. The lowest BCUT2D eigenvalue weighted by Crippen LogP contribution is -2.56. The first kappa shape index (κ1) is 28.7. The number of nitrogens with two attached hydrogens (primary N) is 1. The van der Waals surface area contributed by atoms with Crippen molar-refractivity contribution in [1.82, 2.24) is 20.9 Å². The summed E-state index contributed by atoms with van der Waals surface area (Å²) in [6.45, 7) is 2.83. The Morgan fingerprint density at radius 2 is 1.83 bits per heavy atom. The summed E-state index contributed by atoms with van der Waals surface area (Å²) in [5, 5.41) is 15.0. The van der Waals surface area contributed by atoms with Crippen molar-refractivity contribution >= 4 is 29.5 Å². The standard InChI is InChI=1S/C24H34F2N6O4/c1-14(2)20(31-21(34)15-7-9-16(26)10-8-15)23(36)32-12-4-6-18(32)22(35)30-17(19(33)13-25)5-3-11-29-24(27)28/h7-10,14,17-18,20H,3-6,11-13H2,1-2H3,(H,30,35)(H,31,34)(H4,27,28,29)/t17-,18-,20?/m0/s1. The van der Waals surface area contributed by atoms with E-state index in [4.69, 9.17) is 11.1 Å². The van der Waals surface area contributed by atoms with Crippen LogP contribution in [0.3, 0.4) is 0 Å². The Morgan fingerprint density at radius 1 is 1.17 bits per heavy atom. The van der Waals surface area contributed by atoms with E-state index in [-0.39, 0.29) is 37.0 Å². The molecule has 0 bridgehead atoms. The second kappa shape index (κ2) is 13.5. The van der Waals surface area contributed by atoms with Crippen molar-refractivity contribution in [3.05, 3.63) is 35.6 Å². The van der Waals surface area contributed by atoms with Crippen molar-refractivity contribution < 1.29 is 28.0 Å². The van der Waals surface area contributed by atoms with Gasteiger partial charge < -0.3 is 26.6 Å². The van der Waals surface area contributed by atoms with Gasteiger partial charge in [0.05, 0.1) is 6.04 Å². The van der Waals surface area contributed by atoms with Gasteiger partial charge in [0.25, 0.3) is 5.91 Å². The zero-order chi connectivity index (χ0) is 26.8. The summed E-state index contributed by atoms with van der Waals surface area (Å²) < 4.78 is 26.3. The number of halogens is 2. The molecule has 1 heterocycles. The van der Waals surface area contributed by atoms with Gasteiger partial charge in [-0.15, -0.1) is 0 Å². The fourth-order valence-electron chi connectivity index (χ4n) is 4.03. The molecule has 36 heavy (non-hydrogen) atoms. The predicted octanol–water partition coefficient (Wildman–Crippen LogP) is 0.858. The van der Waals surface area contributed by atoms with Crippen LogP contribution in [0.15, 0.2) is 24.3 Å². The maximum Gasteiger partial charge on any atom is 0.251 e. The fraction of sp³-hybridized carbons (Fsp3) is 0.542. The Balaban J connectivity index is 2.08. The Labute approximate surface area is 208 Å². The number of nitrogens with zero attached hydrogens (tertiary/aromatic N) is 1. The molecule has 6 N–H and O–H groups in total. The molecule has 10 nitrogen and oxygen atoms in total. The van der Waals surface area contributed by atoms with Crippen LogP contribution in [0.4, 0.5) is 8.78 Å². The van der Waals surface area contributed by atoms with Gasteiger partial charge >= 0.3 is 0 Å². The number of alkyl halides is 1. The van der Waals surface area contributed by atoms with Crippen LogP contribution in [0.2, 0.25) is 0 Å². The van der Waals surface area contributed by atoms with E-state index in [9.17, 15) is 28.0 Å². The number of amides is 3. The molecule has 1 aromatic rings. The molecule has 2 rings (SSSR count). The van der Waals surface area contributed by atoms with E-state index in [2.05, 4.69) is 16.0 Å². The van der Waals surface area contributed by atoms with Crippen LogP contribution in [0.1, 0.15) is 49.9 Å². The van der Waals surface area contributed by atoms with E-state index in [1.165, 1.54) is 17.0 Å². The normalized spacial score (nSPS) is 16.8. The Kier molecular flexibility index (Phi) is 10.8.